The van der Waals surface area contributed by atoms with E-state index in [0.717, 1.165) is 0 Å². The molecule has 2 heterocycles. The molecule has 2 aromatic carbocycles. The first-order valence-electron chi connectivity index (χ1n) is 9.77. The number of carbonyl (C=O) groups is 1. The van der Waals surface area contributed by atoms with Crippen molar-refractivity contribution in [2.24, 2.45) is 0 Å². The van der Waals surface area contributed by atoms with E-state index in [1.807, 2.05) is 0 Å². The minimum Gasteiger partial charge on any atom is -0.465 e. The van der Waals surface area contributed by atoms with Crippen LogP contribution in [-0.2, 0) is 14.8 Å². The number of piperidine rings is 1. The molecule has 0 saturated carbocycles. The molecule has 3 aromatic rings. The highest BCUT2D eigenvalue weighted by atomic mass is 35.5. The Kier molecular flexibility index (Phi) is 6.27. The van der Waals surface area contributed by atoms with Crippen molar-refractivity contribution in [2.75, 3.05) is 20.2 Å². The van der Waals surface area contributed by atoms with Crippen LogP contribution in [0.15, 0.2) is 51.9 Å². The maximum absolute atomic E-state index is 13.5. The Morgan fingerprint density at radius 3 is 2.84 bits per heavy atom. The smallest absolute Gasteiger partial charge is 0.337 e. The van der Waals surface area contributed by atoms with Crippen LogP contribution in [0.1, 0.15) is 35.0 Å². The number of nitrogens with zero attached hydrogens (tertiary/aromatic N) is 3. The van der Waals surface area contributed by atoms with Gasteiger partial charge in [-0.2, -0.15) is 9.29 Å². The molecule has 0 spiro atoms. The first kappa shape index (κ1) is 22.4. The lowest BCUT2D eigenvalue weighted by molar-refractivity contribution is 0.0600. The van der Waals surface area contributed by atoms with E-state index < -0.39 is 21.8 Å². The van der Waals surface area contributed by atoms with Crippen molar-refractivity contribution in [3.8, 4) is 11.4 Å². The predicted octanol–water partition coefficient (Wildman–Crippen LogP) is 3.88. The van der Waals surface area contributed by atoms with Gasteiger partial charge < -0.3 is 9.26 Å². The summed E-state index contributed by atoms with van der Waals surface area (Å²) < 4.78 is 51.4. The normalized spacial score (nSPS) is 17.3. The molecule has 1 unspecified atom stereocenters. The molecule has 0 radical (unpaired) electrons. The van der Waals surface area contributed by atoms with Crippen LogP contribution in [0.5, 0.6) is 0 Å². The van der Waals surface area contributed by atoms with E-state index in [1.165, 1.54) is 41.7 Å². The molecule has 4 rings (SSSR count). The zero-order valence-corrected chi connectivity index (χ0v) is 18.6. The first-order chi connectivity index (χ1) is 15.3. The molecular weight excluding hydrogens is 461 g/mol. The molecular formula is C21H19ClFN3O5S. The second kappa shape index (κ2) is 8.97. The fourth-order valence-corrected chi connectivity index (χ4v) is 5.62. The summed E-state index contributed by atoms with van der Waals surface area (Å²) in [6, 6.07) is 9.77. The second-order valence-electron chi connectivity index (χ2n) is 7.31. The Hall–Kier alpha value is -2.82. The molecule has 168 valence electrons. The maximum atomic E-state index is 13.5. The van der Waals surface area contributed by atoms with Gasteiger partial charge in [0, 0.05) is 18.7 Å². The lowest BCUT2D eigenvalue weighted by atomic mass is 10.00. The molecule has 1 aromatic heterocycles. The molecule has 0 aliphatic carbocycles. The van der Waals surface area contributed by atoms with Crippen LogP contribution in [0.2, 0.25) is 5.02 Å². The SMILES string of the molecule is COC(=O)c1ccc(Cl)c(S(=O)(=O)N2CCCC(c3nc(-c4cccc(F)c4)no3)C2)c1. The Bertz CT molecular complexity index is 1260. The number of carbonyl (C=O) groups excluding carboxylic acids is 1. The van der Waals surface area contributed by atoms with Crippen molar-refractivity contribution in [1.82, 2.24) is 14.4 Å². The van der Waals surface area contributed by atoms with Gasteiger partial charge in [0.25, 0.3) is 0 Å². The third-order valence-corrected chi connectivity index (χ3v) is 7.57. The van der Waals surface area contributed by atoms with Gasteiger partial charge in [0.05, 0.1) is 23.6 Å². The van der Waals surface area contributed by atoms with Crippen molar-refractivity contribution in [1.29, 1.82) is 0 Å². The molecule has 0 bridgehead atoms. The standard InChI is InChI=1S/C21H19ClFN3O5S/c1-30-21(27)14-7-8-17(22)18(11-14)32(28,29)26-9-3-5-15(12-26)20-24-19(25-31-20)13-4-2-6-16(23)10-13/h2,4,6-8,10-11,15H,3,5,9,12H2,1H3. The Balaban J connectivity index is 1.59. The summed E-state index contributed by atoms with van der Waals surface area (Å²) in [5.41, 5.74) is 0.548. The lowest BCUT2D eigenvalue weighted by Crippen LogP contribution is -2.39. The third-order valence-electron chi connectivity index (χ3n) is 5.23. The topological polar surface area (TPSA) is 103 Å². The van der Waals surface area contributed by atoms with Crippen molar-refractivity contribution >= 4 is 27.6 Å². The quantitative estimate of drug-likeness (QED) is 0.511. The van der Waals surface area contributed by atoms with E-state index in [-0.39, 0.29) is 46.2 Å². The molecule has 1 saturated heterocycles. The van der Waals surface area contributed by atoms with Gasteiger partial charge in [-0.25, -0.2) is 17.6 Å². The van der Waals surface area contributed by atoms with Crippen LogP contribution in [0.3, 0.4) is 0 Å². The fourth-order valence-electron chi connectivity index (χ4n) is 3.59. The van der Waals surface area contributed by atoms with Crippen LogP contribution in [-0.4, -0.2) is 49.0 Å². The summed E-state index contributed by atoms with van der Waals surface area (Å²) >= 11 is 6.16. The molecule has 1 aliphatic heterocycles. The number of sulfonamides is 1. The number of ether oxygens (including phenoxy) is 1. The second-order valence-corrected chi connectivity index (χ2v) is 9.62. The molecule has 0 N–H and O–H groups in total. The van der Waals surface area contributed by atoms with Gasteiger partial charge in [0.2, 0.25) is 21.7 Å². The Morgan fingerprint density at radius 1 is 1.28 bits per heavy atom. The molecule has 1 fully saturated rings. The third kappa shape index (κ3) is 4.38. The average molecular weight is 480 g/mol. The van der Waals surface area contributed by atoms with Gasteiger partial charge in [0.15, 0.2) is 0 Å². The number of methoxy groups -OCH3 is 1. The summed E-state index contributed by atoms with van der Waals surface area (Å²) in [4.78, 5) is 16.0. The minimum absolute atomic E-state index is 0.00552. The highest BCUT2D eigenvalue weighted by Crippen LogP contribution is 2.33. The van der Waals surface area contributed by atoms with Crippen LogP contribution in [0.25, 0.3) is 11.4 Å². The summed E-state index contributed by atoms with van der Waals surface area (Å²) in [7, 11) is -2.78. The lowest BCUT2D eigenvalue weighted by Gasteiger charge is -2.30. The van der Waals surface area contributed by atoms with E-state index in [2.05, 4.69) is 14.9 Å². The number of esters is 1. The largest absolute Gasteiger partial charge is 0.465 e. The zero-order valence-electron chi connectivity index (χ0n) is 17.0. The van der Waals surface area contributed by atoms with Gasteiger partial charge >= 0.3 is 5.97 Å². The Morgan fingerprint density at radius 2 is 2.09 bits per heavy atom. The Labute approximate surface area is 189 Å². The monoisotopic (exact) mass is 479 g/mol. The summed E-state index contributed by atoms with van der Waals surface area (Å²) in [6.07, 6.45) is 1.21. The first-order valence-corrected chi connectivity index (χ1v) is 11.6. The van der Waals surface area contributed by atoms with Gasteiger partial charge in [0.1, 0.15) is 10.7 Å². The molecule has 1 aliphatic rings. The van der Waals surface area contributed by atoms with E-state index in [1.54, 1.807) is 12.1 Å². The minimum atomic E-state index is -3.99. The number of aromatic nitrogens is 2. The van der Waals surface area contributed by atoms with Crippen molar-refractivity contribution in [3.05, 3.63) is 64.8 Å². The van der Waals surface area contributed by atoms with E-state index in [9.17, 15) is 17.6 Å². The van der Waals surface area contributed by atoms with Gasteiger partial charge in [-0.15, -0.1) is 0 Å². The van der Waals surface area contributed by atoms with Crippen LogP contribution in [0.4, 0.5) is 4.39 Å². The number of hydrogen-bond donors (Lipinski definition) is 0. The van der Waals surface area contributed by atoms with Gasteiger partial charge in [-0.3, -0.25) is 0 Å². The van der Waals surface area contributed by atoms with Crippen molar-refractivity contribution in [3.63, 3.8) is 0 Å². The van der Waals surface area contributed by atoms with Gasteiger partial charge in [-0.1, -0.05) is 28.9 Å². The highest BCUT2D eigenvalue weighted by Gasteiger charge is 2.35. The zero-order chi connectivity index (χ0) is 22.9. The summed E-state index contributed by atoms with van der Waals surface area (Å²) in [5, 5.41) is 3.91. The number of halogens is 2. The van der Waals surface area contributed by atoms with Gasteiger partial charge in [-0.05, 0) is 43.2 Å². The van der Waals surface area contributed by atoms with E-state index in [0.29, 0.717) is 18.4 Å². The number of benzene rings is 2. The molecule has 8 nitrogen and oxygen atoms in total. The molecule has 0 amide bonds. The average Bonchev–Trinajstić information content (AvgIpc) is 3.29. The number of hydrogen-bond acceptors (Lipinski definition) is 7. The van der Waals surface area contributed by atoms with E-state index >= 15 is 0 Å². The number of rotatable bonds is 5. The molecule has 11 heteroatoms. The summed E-state index contributed by atoms with van der Waals surface area (Å²) in [5.74, 6) is -0.914. The van der Waals surface area contributed by atoms with Crippen molar-refractivity contribution < 1.29 is 26.9 Å². The molecule has 1 atom stereocenters. The van der Waals surface area contributed by atoms with Crippen LogP contribution < -0.4 is 0 Å². The highest BCUT2D eigenvalue weighted by molar-refractivity contribution is 7.89. The fraction of sp³-hybridized carbons (Fsp3) is 0.286. The maximum Gasteiger partial charge on any atom is 0.337 e. The molecule has 32 heavy (non-hydrogen) atoms. The van der Waals surface area contributed by atoms with Crippen LogP contribution >= 0.6 is 11.6 Å². The van der Waals surface area contributed by atoms with E-state index in [4.69, 9.17) is 16.1 Å². The van der Waals surface area contributed by atoms with Crippen molar-refractivity contribution in [2.45, 2.75) is 23.7 Å². The summed E-state index contributed by atoms with van der Waals surface area (Å²) in [6.45, 7) is 0.383. The predicted molar refractivity (Wildman–Crippen MR) is 113 cm³/mol. The van der Waals surface area contributed by atoms with Crippen LogP contribution in [0, 0.1) is 5.82 Å².